The molecule has 1 saturated carbocycles. The minimum atomic E-state index is -1.27. The van der Waals surface area contributed by atoms with Crippen molar-refractivity contribution in [2.24, 2.45) is 11.3 Å². The van der Waals surface area contributed by atoms with E-state index in [0.29, 0.717) is 5.92 Å². The SMILES string of the molecule is CC1CC(Oc2ccc(F)c(N)c2C(=O)O)CC(C)(C)C1. The molecule has 0 amide bonds. The van der Waals surface area contributed by atoms with Crippen LogP contribution in [-0.2, 0) is 0 Å². The number of anilines is 1. The van der Waals surface area contributed by atoms with Crippen molar-refractivity contribution in [1.82, 2.24) is 0 Å². The fraction of sp³-hybridized carbons (Fsp3) is 0.562. The van der Waals surface area contributed by atoms with Gasteiger partial charge in [-0.3, -0.25) is 0 Å². The van der Waals surface area contributed by atoms with Crippen LogP contribution in [0.4, 0.5) is 10.1 Å². The molecule has 0 saturated heterocycles. The summed E-state index contributed by atoms with van der Waals surface area (Å²) in [5.74, 6) is -1.36. The first-order valence-electron chi connectivity index (χ1n) is 7.17. The number of benzene rings is 1. The summed E-state index contributed by atoms with van der Waals surface area (Å²) in [4.78, 5) is 11.3. The molecule has 3 N–H and O–H groups in total. The molecule has 1 aromatic rings. The van der Waals surface area contributed by atoms with E-state index in [1.54, 1.807) is 0 Å². The van der Waals surface area contributed by atoms with Gasteiger partial charge in [0.05, 0.1) is 11.8 Å². The van der Waals surface area contributed by atoms with Gasteiger partial charge >= 0.3 is 5.97 Å². The number of carboxylic acids is 1. The topological polar surface area (TPSA) is 72.5 Å². The zero-order valence-corrected chi connectivity index (χ0v) is 12.6. The van der Waals surface area contributed by atoms with Gasteiger partial charge in [-0.25, -0.2) is 9.18 Å². The zero-order valence-electron chi connectivity index (χ0n) is 12.6. The summed E-state index contributed by atoms with van der Waals surface area (Å²) in [6.07, 6.45) is 2.74. The quantitative estimate of drug-likeness (QED) is 0.834. The lowest BCUT2D eigenvalue weighted by Crippen LogP contribution is -2.34. The van der Waals surface area contributed by atoms with Gasteiger partial charge in [0.1, 0.15) is 17.1 Å². The Morgan fingerprint density at radius 1 is 1.43 bits per heavy atom. The number of ether oxygens (including phenoxy) is 1. The number of hydrogen-bond donors (Lipinski definition) is 2. The number of rotatable bonds is 3. The highest BCUT2D eigenvalue weighted by Crippen LogP contribution is 2.40. The molecule has 0 heterocycles. The number of aromatic carboxylic acids is 1. The molecule has 21 heavy (non-hydrogen) atoms. The molecule has 1 aliphatic carbocycles. The van der Waals surface area contributed by atoms with Crippen LogP contribution in [0.3, 0.4) is 0 Å². The minimum absolute atomic E-state index is 0.0771. The van der Waals surface area contributed by atoms with E-state index in [-0.39, 0.29) is 28.5 Å². The van der Waals surface area contributed by atoms with Crippen LogP contribution in [0, 0.1) is 17.2 Å². The van der Waals surface area contributed by atoms with E-state index in [0.717, 1.165) is 25.3 Å². The van der Waals surface area contributed by atoms with Gasteiger partial charge in [-0.1, -0.05) is 20.8 Å². The molecule has 4 nitrogen and oxygen atoms in total. The van der Waals surface area contributed by atoms with Crippen LogP contribution in [0.25, 0.3) is 0 Å². The number of hydrogen-bond acceptors (Lipinski definition) is 3. The highest BCUT2D eigenvalue weighted by molar-refractivity contribution is 5.96. The average molecular weight is 295 g/mol. The van der Waals surface area contributed by atoms with E-state index in [9.17, 15) is 14.3 Å². The van der Waals surface area contributed by atoms with Gasteiger partial charge in [0, 0.05) is 0 Å². The van der Waals surface area contributed by atoms with E-state index < -0.39 is 11.8 Å². The molecule has 2 unspecified atom stereocenters. The molecule has 116 valence electrons. The molecule has 0 radical (unpaired) electrons. The minimum Gasteiger partial charge on any atom is -0.489 e. The van der Waals surface area contributed by atoms with Gasteiger partial charge in [0.2, 0.25) is 0 Å². The van der Waals surface area contributed by atoms with Crippen LogP contribution >= 0.6 is 0 Å². The third-order valence-corrected chi connectivity index (χ3v) is 4.01. The van der Waals surface area contributed by atoms with Gasteiger partial charge in [0.25, 0.3) is 0 Å². The van der Waals surface area contributed by atoms with E-state index in [1.807, 2.05) is 0 Å². The van der Waals surface area contributed by atoms with E-state index in [4.69, 9.17) is 10.5 Å². The van der Waals surface area contributed by atoms with Crippen LogP contribution in [0.2, 0.25) is 0 Å². The molecular formula is C16H22FNO3. The van der Waals surface area contributed by atoms with Crippen molar-refractivity contribution >= 4 is 11.7 Å². The first kappa shape index (κ1) is 15.6. The lowest BCUT2D eigenvalue weighted by molar-refractivity contribution is 0.0532. The normalized spacial score (nSPS) is 24.6. The molecule has 1 fully saturated rings. The van der Waals surface area contributed by atoms with Gasteiger partial charge in [-0.05, 0) is 42.7 Å². The molecular weight excluding hydrogens is 273 g/mol. The summed E-state index contributed by atoms with van der Waals surface area (Å²) in [6, 6.07) is 2.50. The molecule has 0 aliphatic heterocycles. The third-order valence-electron chi connectivity index (χ3n) is 4.01. The fourth-order valence-corrected chi connectivity index (χ4v) is 3.42. The van der Waals surface area contributed by atoms with Gasteiger partial charge in [-0.15, -0.1) is 0 Å². The molecule has 0 bridgehead atoms. The smallest absolute Gasteiger partial charge is 0.341 e. The first-order chi connectivity index (χ1) is 9.69. The summed E-state index contributed by atoms with van der Waals surface area (Å²) >= 11 is 0. The Bertz CT molecular complexity index is 557. The van der Waals surface area contributed by atoms with Crippen molar-refractivity contribution in [3.8, 4) is 5.75 Å². The Kier molecular flexibility index (Phi) is 4.12. The van der Waals surface area contributed by atoms with Crippen molar-refractivity contribution < 1.29 is 19.0 Å². The Morgan fingerprint density at radius 3 is 2.67 bits per heavy atom. The third kappa shape index (κ3) is 3.46. The predicted octanol–water partition coefficient (Wildman–Crippen LogP) is 3.70. The van der Waals surface area contributed by atoms with Crippen LogP contribution in [0.1, 0.15) is 50.4 Å². The van der Waals surface area contributed by atoms with Crippen molar-refractivity contribution in [3.63, 3.8) is 0 Å². The number of nitrogen functional groups attached to an aromatic ring is 1. The van der Waals surface area contributed by atoms with Gasteiger partial charge in [-0.2, -0.15) is 0 Å². The standard InChI is InChI=1S/C16H22FNO3/c1-9-6-10(8-16(2,3)7-9)21-12-5-4-11(17)14(18)13(12)15(19)20/h4-5,9-10H,6-8,18H2,1-3H3,(H,19,20). The Morgan fingerprint density at radius 2 is 2.10 bits per heavy atom. The van der Waals surface area contributed by atoms with Crippen molar-refractivity contribution in [2.75, 3.05) is 5.73 Å². The number of carbonyl (C=O) groups is 1. The van der Waals surface area contributed by atoms with E-state index in [2.05, 4.69) is 20.8 Å². The molecule has 0 aromatic heterocycles. The summed E-state index contributed by atoms with van der Waals surface area (Å²) < 4.78 is 19.3. The molecule has 1 aromatic carbocycles. The lowest BCUT2D eigenvalue weighted by atomic mass is 9.71. The summed E-state index contributed by atoms with van der Waals surface area (Å²) in [5.41, 5.74) is 5.03. The van der Waals surface area contributed by atoms with E-state index in [1.165, 1.54) is 6.07 Å². The van der Waals surface area contributed by atoms with Crippen molar-refractivity contribution in [2.45, 2.75) is 46.1 Å². The monoisotopic (exact) mass is 295 g/mol. The maximum absolute atomic E-state index is 13.4. The average Bonchev–Trinajstić information content (AvgIpc) is 2.30. The summed E-state index contributed by atoms with van der Waals surface area (Å²) in [7, 11) is 0. The van der Waals surface area contributed by atoms with Crippen molar-refractivity contribution in [3.05, 3.63) is 23.5 Å². The van der Waals surface area contributed by atoms with Crippen LogP contribution in [0.5, 0.6) is 5.75 Å². The molecule has 1 aliphatic rings. The second-order valence-electron chi connectivity index (χ2n) is 6.79. The zero-order chi connectivity index (χ0) is 15.8. The second-order valence-corrected chi connectivity index (χ2v) is 6.79. The van der Waals surface area contributed by atoms with Crippen LogP contribution in [-0.4, -0.2) is 17.2 Å². The second kappa shape index (κ2) is 5.54. The van der Waals surface area contributed by atoms with Crippen LogP contribution in [0.15, 0.2) is 12.1 Å². The number of nitrogens with two attached hydrogens (primary N) is 1. The largest absolute Gasteiger partial charge is 0.489 e. The van der Waals surface area contributed by atoms with Gasteiger partial charge in [0.15, 0.2) is 0 Å². The fourth-order valence-electron chi connectivity index (χ4n) is 3.42. The summed E-state index contributed by atoms with van der Waals surface area (Å²) in [5, 5.41) is 9.23. The summed E-state index contributed by atoms with van der Waals surface area (Å²) in [6.45, 7) is 6.51. The number of halogens is 1. The lowest BCUT2D eigenvalue weighted by Gasteiger charge is -2.39. The molecule has 0 spiro atoms. The predicted molar refractivity (Wildman–Crippen MR) is 79.0 cm³/mol. The first-order valence-corrected chi connectivity index (χ1v) is 7.17. The highest BCUT2D eigenvalue weighted by Gasteiger charge is 2.34. The Hall–Kier alpha value is -1.78. The molecule has 5 heteroatoms. The molecule has 2 rings (SSSR count). The Balaban J connectivity index is 2.27. The maximum atomic E-state index is 13.4. The highest BCUT2D eigenvalue weighted by atomic mass is 19.1. The van der Waals surface area contributed by atoms with Crippen molar-refractivity contribution in [1.29, 1.82) is 0 Å². The molecule has 2 atom stereocenters. The number of carboxylic acid groups (broad SMARTS) is 1. The van der Waals surface area contributed by atoms with Gasteiger partial charge < -0.3 is 15.6 Å². The maximum Gasteiger partial charge on any atom is 0.341 e. The van der Waals surface area contributed by atoms with Crippen LogP contribution < -0.4 is 10.5 Å². The Labute approximate surface area is 124 Å². The van der Waals surface area contributed by atoms with E-state index >= 15 is 0 Å².